The van der Waals surface area contributed by atoms with Gasteiger partial charge in [0.1, 0.15) is 12.1 Å². The van der Waals surface area contributed by atoms with Crippen molar-refractivity contribution in [3.63, 3.8) is 0 Å². The number of carbonyl (C=O) groups excluding carboxylic acids is 3. The fourth-order valence-electron chi connectivity index (χ4n) is 4.29. The molecule has 3 N–H and O–H groups in total. The first kappa shape index (κ1) is 22.3. The highest BCUT2D eigenvalue weighted by Gasteiger charge is 2.33. The summed E-state index contributed by atoms with van der Waals surface area (Å²) in [6, 6.07) is 0.579. The van der Waals surface area contributed by atoms with E-state index in [2.05, 4.69) is 27.0 Å². The average Bonchev–Trinajstić information content (AvgIpc) is 3.48. The minimum atomic E-state index is -0.783. The molecule has 2 heterocycles. The molecular weight excluding hydrogens is 430 g/mol. The molecule has 1 aromatic rings. The predicted octanol–water partition coefficient (Wildman–Crippen LogP) is 1.88. The SMILES string of the molecule is N#C[C@H](C[C@@H]1CCCNC1=O)NC(=O)[C@H](CC1CC1)NC(=O)C1=Cc2c(Cl)cncc2C1. The molecule has 168 valence electrons. The van der Waals surface area contributed by atoms with E-state index in [-0.39, 0.29) is 30.1 Å². The Morgan fingerprint density at radius 3 is 2.75 bits per heavy atom. The van der Waals surface area contributed by atoms with Gasteiger partial charge in [-0.1, -0.05) is 24.4 Å². The average molecular weight is 456 g/mol. The van der Waals surface area contributed by atoms with Gasteiger partial charge >= 0.3 is 0 Å². The molecule has 0 unspecified atom stereocenters. The molecule has 32 heavy (non-hydrogen) atoms. The second-order valence-corrected chi connectivity index (χ2v) is 9.21. The van der Waals surface area contributed by atoms with Crippen molar-refractivity contribution in [1.82, 2.24) is 20.9 Å². The molecule has 8 nitrogen and oxygen atoms in total. The maximum atomic E-state index is 13.0. The Balaban J connectivity index is 1.39. The van der Waals surface area contributed by atoms with Crippen molar-refractivity contribution in [3.05, 3.63) is 34.1 Å². The molecule has 2 fully saturated rings. The highest BCUT2D eigenvalue weighted by Crippen LogP contribution is 2.34. The van der Waals surface area contributed by atoms with Gasteiger partial charge in [0, 0.05) is 42.4 Å². The quantitative estimate of drug-likeness (QED) is 0.552. The summed E-state index contributed by atoms with van der Waals surface area (Å²) in [5.74, 6) is -0.675. The van der Waals surface area contributed by atoms with Crippen LogP contribution in [0.3, 0.4) is 0 Å². The van der Waals surface area contributed by atoms with Crippen molar-refractivity contribution in [1.29, 1.82) is 5.26 Å². The zero-order valence-electron chi connectivity index (χ0n) is 17.7. The van der Waals surface area contributed by atoms with Crippen molar-refractivity contribution in [2.75, 3.05) is 6.54 Å². The minimum absolute atomic E-state index is 0.0746. The molecule has 0 spiro atoms. The lowest BCUT2D eigenvalue weighted by Crippen LogP contribution is -2.51. The van der Waals surface area contributed by atoms with Crippen LogP contribution in [-0.2, 0) is 20.8 Å². The van der Waals surface area contributed by atoms with Gasteiger partial charge in [-0.3, -0.25) is 19.4 Å². The van der Waals surface area contributed by atoms with Crippen molar-refractivity contribution in [2.24, 2.45) is 11.8 Å². The molecule has 1 aromatic heterocycles. The van der Waals surface area contributed by atoms with Crippen LogP contribution in [0.2, 0.25) is 5.02 Å². The topological polar surface area (TPSA) is 124 Å². The number of rotatable bonds is 8. The van der Waals surface area contributed by atoms with Crippen LogP contribution < -0.4 is 16.0 Å². The molecule has 0 radical (unpaired) electrons. The highest BCUT2D eigenvalue weighted by molar-refractivity contribution is 6.32. The van der Waals surface area contributed by atoms with Gasteiger partial charge in [0.2, 0.25) is 17.7 Å². The maximum Gasteiger partial charge on any atom is 0.248 e. The molecule has 0 aromatic carbocycles. The summed E-state index contributed by atoms with van der Waals surface area (Å²) < 4.78 is 0. The summed E-state index contributed by atoms with van der Waals surface area (Å²) in [4.78, 5) is 42.0. The smallest absolute Gasteiger partial charge is 0.248 e. The van der Waals surface area contributed by atoms with E-state index in [4.69, 9.17) is 11.6 Å². The van der Waals surface area contributed by atoms with Crippen LogP contribution >= 0.6 is 11.6 Å². The summed E-state index contributed by atoms with van der Waals surface area (Å²) in [6.45, 7) is 0.648. The summed E-state index contributed by atoms with van der Waals surface area (Å²) in [6.07, 6.45) is 9.78. The first-order chi connectivity index (χ1) is 15.4. The Morgan fingerprint density at radius 2 is 2.06 bits per heavy atom. The second-order valence-electron chi connectivity index (χ2n) is 8.80. The molecule has 9 heteroatoms. The van der Waals surface area contributed by atoms with Gasteiger partial charge in [0.25, 0.3) is 0 Å². The van der Waals surface area contributed by atoms with Crippen LogP contribution in [0.1, 0.15) is 49.7 Å². The second kappa shape index (κ2) is 9.70. The van der Waals surface area contributed by atoms with Gasteiger partial charge in [0.15, 0.2) is 0 Å². The Bertz CT molecular complexity index is 998. The van der Waals surface area contributed by atoms with E-state index < -0.39 is 12.1 Å². The molecule has 1 saturated carbocycles. The minimum Gasteiger partial charge on any atom is -0.356 e. The van der Waals surface area contributed by atoms with Crippen LogP contribution in [0.25, 0.3) is 6.08 Å². The van der Waals surface area contributed by atoms with Crippen LogP contribution in [0, 0.1) is 23.2 Å². The number of piperidine rings is 1. The lowest BCUT2D eigenvalue weighted by molar-refractivity contribution is -0.129. The number of nitrogens with one attached hydrogen (secondary N) is 3. The summed E-state index contributed by atoms with van der Waals surface area (Å²) >= 11 is 6.17. The van der Waals surface area contributed by atoms with Gasteiger partial charge in [-0.15, -0.1) is 0 Å². The maximum absolute atomic E-state index is 13.0. The number of nitriles is 1. The lowest BCUT2D eigenvalue weighted by Gasteiger charge is -2.25. The van der Waals surface area contributed by atoms with E-state index in [1.807, 2.05) is 0 Å². The molecule has 4 rings (SSSR count). The Labute approximate surface area is 191 Å². The molecular formula is C23H26ClN5O3. The highest BCUT2D eigenvalue weighted by atomic mass is 35.5. The molecule has 1 saturated heterocycles. The third-order valence-electron chi connectivity index (χ3n) is 6.29. The van der Waals surface area contributed by atoms with Crippen molar-refractivity contribution >= 4 is 35.4 Å². The largest absolute Gasteiger partial charge is 0.356 e. The van der Waals surface area contributed by atoms with Gasteiger partial charge in [-0.2, -0.15) is 5.26 Å². The predicted molar refractivity (Wildman–Crippen MR) is 118 cm³/mol. The number of halogens is 1. The Morgan fingerprint density at radius 1 is 1.25 bits per heavy atom. The number of amides is 3. The van der Waals surface area contributed by atoms with Crippen molar-refractivity contribution in [3.8, 4) is 6.07 Å². The monoisotopic (exact) mass is 455 g/mol. The summed E-state index contributed by atoms with van der Waals surface area (Å²) in [5, 5.41) is 18.4. The molecule has 1 aliphatic heterocycles. The zero-order valence-corrected chi connectivity index (χ0v) is 18.5. The first-order valence-electron chi connectivity index (χ1n) is 11.1. The molecule has 3 atom stereocenters. The number of carbonyl (C=O) groups is 3. The van der Waals surface area contributed by atoms with E-state index in [1.165, 1.54) is 6.20 Å². The summed E-state index contributed by atoms with van der Waals surface area (Å²) in [5.41, 5.74) is 2.19. The van der Waals surface area contributed by atoms with Gasteiger partial charge in [0.05, 0.1) is 11.1 Å². The fraction of sp³-hybridized carbons (Fsp3) is 0.522. The summed E-state index contributed by atoms with van der Waals surface area (Å²) in [7, 11) is 0. The van der Waals surface area contributed by atoms with Crippen molar-refractivity contribution < 1.29 is 14.4 Å². The third kappa shape index (κ3) is 5.28. The van der Waals surface area contributed by atoms with Gasteiger partial charge in [-0.05, 0) is 43.2 Å². The van der Waals surface area contributed by atoms with E-state index >= 15 is 0 Å². The normalized spacial score (nSPS) is 21.4. The van der Waals surface area contributed by atoms with Crippen LogP contribution in [0.4, 0.5) is 0 Å². The third-order valence-corrected chi connectivity index (χ3v) is 6.59. The Hall–Kier alpha value is -2.92. The van der Waals surface area contributed by atoms with Gasteiger partial charge in [-0.25, -0.2) is 0 Å². The molecule has 3 amide bonds. The van der Waals surface area contributed by atoms with Gasteiger partial charge < -0.3 is 16.0 Å². The molecule has 2 aliphatic carbocycles. The molecule has 3 aliphatic rings. The number of aromatic nitrogens is 1. The Kier molecular flexibility index (Phi) is 6.75. The number of nitrogens with zero attached hydrogens (tertiary/aromatic N) is 2. The van der Waals surface area contributed by atoms with Crippen LogP contribution in [-0.4, -0.2) is 41.3 Å². The standard InChI is InChI=1S/C23H26ClN5O3/c24-19-12-26-11-16-7-15(9-18(16)19)22(31)29-20(6-13-3-4-13)23(32)28-17(10-25)8-14-2-1-5-27-21(14)30/h9,11-14,17,20H,1-8H2,(H,27,30)(H,28,32)(H,29,31)/t14-,17-,20-/m0/s1. The number of hydrogen-bond acceptors (Lipinski definition) is 5. The molecule has 0 bridgehead atoms. The van der Waals surface area contributed by atoms with E-state index in [9.17, 15) is 19.6 Å². The van der Waals surface area contributed by atoms with E-state index in [0.29, 0.717) is 42.3 Å². The van der Waals surface area contributed by atoms with Crippen molar-refractivity contribution in [2.45, 2.75) is 57.0 Å². The first-order valence-corrected chi connectivity index (χ1v) is 11.4. The number of pyridine rings is 1. The number of hydrogen-bond donors (Lipinski definition) is 3. The number of fused-ring (bicyclic) bond motifs is 1. The fourth-order valence-corrected chi connectivity index (χ4v) is 4.53. The van der Waals surface area contributed by atoms with E-state index in [0.717, 1.165) is 30.4 Å². The van der Waals surface area contributed by atoms with E-state index in [1.54, 1.807) is 12.3 Å². The lowest BCUT2D eigenvalue weighted by atomic mass is 9.92. The van der Waals surface area contributed by atoms with Crippen LogP contribution in [0.15, 0.2) is 18.0 Å². The zero-order chi connectivity index (χ0) is 22.7. The van der Waals surface area contributed by atoms with Crippen LogP contribution in [0.5, 0.6) is 0 Å².